The lowest BCUT2D eigenvalue weighted by atomic mass is 10.0. The fourth-order valence-corrected chi connectivity index (χ4v) is 4.40. The van der Waals surface area contributed by atoms with Crippen molar-refractivity contribution in [3.8, 4) is 0 Å². The van der Waals surface area contributed by atoms with Gasteiger partial charge < -0.3 is 9.67 Å². The van der Waals surface area contributed by atoms with Gasteiger partial charge in [0.2, 0.25) is 10.0 Å². The van der Waals surface area contributed by atoms with Crippen LogP contribution in [0.15, 0.2) is 35.5 Å². The summed E-state index contributed by atoms with van der Waals surface area (Å²) in [5, 5.41) is 9.46. The van der Waals surface area contributed by atoms with Crippen LogP contribution in [-0.2, 0) is 28.4 Å². The van der Waals surface area contributed by atoms with Crippen LogP contribution in [0.25, 0.3) is 0 Å². The Bertz CT molecular complexity index is 873. The minimum Gasteiger partial charge on any atom is -0.481 e. The number of rotatable bonds is 3. The second kappa shape index (κ2) is 5.47. The Labute approximate surface area is 134 Å². The number of aliphatic carboxylic acids is 1. The van der Waals surface area contributed by atoms with Crippen molar-refractivity contribution in [1.29, 1.82) is 0 Å². The number of sulfonamides is 1. The Hall–Kier alpha value is -2.19. The lowest BCUT2D eigenvalue weighted by Gasteiger charge is -2.30. The fraction of sp³-hybridized carbons (Fsp3) is 0.333. The van der Waals surface area contributed by atoms with E-state index in [1.54, 1.807) is 23.7 Å². The summed E-state index contributed by atoms with van der Waals surface area (Å²) in [5.41, 5.74) is 1.88. The molecule has 0 radical (unpaired) electrons. The van der Waals surface area contributed by atoms with Crippen LogP contribution in [0.5, 0.6) is 0 Å². The molecule has 2 heterocycles. The second-order valence-corrected chi connectivity index (χ2v) is 7.63. The molecule has 8 heteroatoms. The van der Waals surface area contributed by atoms with Crippen LogP contribution in [0.4, 0.5) is 0 Å². The predicted octanol–water partition coefficient (Wildman–Crippen LogP) is 1.10. The number of carboxylic acid groups (broad SMARTS) is 1. The number of aryl methyl sites for hydroxylation is 2. The minimum absolute atomic E-state index is 0.0796. The van der Waals surface area contributed by atoms with Crippen molar-refractivity contribution < 1.29 is 18.3 Å². The van der Waals surface area contributed by atoms with Crippen molar-refractivity contribution in [3.63, 3.8) is 0 Å². The van der Waals surface area contributed by atoms with Gasteiger partial charge in [0.25, 0.3) is 0 Å². The Morgan fingerprint density at radius 1 is 1.39 bits per heavy atom. The summed E-state index contributed by atoms with van der Waals surface area (Å²) in [7, 11) is -2.05. The van der Waals surface area contributed by atoms with Crippen LogP contribution in [0.1, 0.15) is 22.9 Å². The molecule has 1 aromatic carbocycles. The molecule has 0 saturated heterocycles. The number of carbonyl (C=O) groups is 1. The maximum absolute atomic E-state index is 12.8. The molecule has 1 atom stereocenters. The van der Waals surface area contributed by atoms with E-state index in [1.807, 2.05) is 13.0 Å². The van der Waals surface area contributed by atoms with Gasteiger partial charge in [0, 0.05) is 13.6 Å². The van der Waals surface area contributed by atoms with Crippen molar-refractivity contribution in [3.05, 3.63) is 47.5 Å². The number of benzene rings is 1. The van der Waals surface area contributed by atoms with Crippen molar-refractivity contribution in [2.75, 3.05) is 6.54 Å². The average Bonchev–Trinajstić information content (AvgIpc) is 2.88. The van der Waals surface area contributed by atoms with Gasteiger partial charge in [-0.05, 0) is 24.6 Å². The van der Waals surface area contributed by atoms with Crippen LogP contribution in [0, 0.1) is 6.92 Å². The van der Waals surface area contributed by atoms with E-state index in [0.717, 1.165) is 5.56 Å². The highest BCUT2D eigenvalue weighted by molar-refractivity contribution is 7.89. The summed E-state index contributed by atoms with van der Waals surface area (Å²) >= 11 is 0. The minimum atomic E-state index is -3.76. The van der Waals surface area contributed by atoms with Crippen LogP contribution < -0.4 is 0 Å². The van der Waals surface area contributed by atoms with E-state index in [2.05, 4.69) is 4.98 Å². The largest absolute Gasteiger partial charge is 0.481 e. The molecule has 1 N–H and O–H groups in total. The summed E-state index contributed by atoms with van der Waals surface area (Å²) in [6, 6.07) is 6.59. The molecular weight excluding hydrogens is 318 g/mol. The Kier molecular flexibility index (Phi) is 3.73. The number of aromatic nitrogens is 2. The number of nitrogens with zero attached hydrogens (tertiary/aromatic N) is 3. The first-order valence-corrected chi connectivity index (χ1v) is 8.54. The second-order valence-electron chi connectivity index (χ2n) is 5.69. The molecule has 2 aromatic rings. The first-order chi connectivity index (χ1) is 10.8. The molecule has 0 spiro atoms. The van der Waals surface area contributed by atoms with Crippen LogP contribution in [0.2, 0.25) is 0 Å². The third-order valence-electron chi connectivity index (χ3n) is 4.03. The van der Waals surface area contributed by atoms with Crippen LogP contribution >= 0.6 is 0 Å². The topological polar surface area (TPSA) is 92.5 Å². The average molecular weight is 335 g/mol. The van der Waals surface area contributed by atoms with E-state index >= 15 is 0 Å². The number of hydrogen-bond acceptors (Lipinski definition) is 4. The lowest BCUT2D eigenvalue weighted by Crippen LogP contribution is -2.41. The maximum Gasteiger partial charge on any atom is 0.313 e. The highest BCUT2D eigenvalue weighted by atomic mass is 32.2. The van der Waals surface area contributed by atoms with Crippen molar-refractivity contribution in [1.82, 2.24) is 13.9 Å². The molecule has 1 unspecified atom stereocenters. The normalized spacial score (nSPS) is 18.6. The number of hydrogen-bond donors (Lipinski definition) is 1. The number of fused-ring (bicyclic) bond motifs is 1. The lowest BCUT2D eigenvalue weighted by molar-refractivity contribution is -0.139. The predicted molar refractivity (Wildman–Crippen MR) is 82.4 cm³/mol. The molecule has 23 heavy (non-hydrogen) atoms. The zero-order valence-electron chi connectivity index (χ0n) is 12.8. The molecule has 0 aliphatic carbocycles. The molecule has 122 valence electrons. The van der Waals surface area contributed by atoms with Gasteiger partial charge in [-0.2, -0.15) is 4.31 Å². The molecule has 0 bridgehead atoms. The van der Waals surface area contributed by atoms with E-state index in [-0.39, 0.29) is 18.0 Å². The van der Waals surface area contributed by atoms with Gasteiger partial charge in [0.05, 0.1) is 29.2 Å². The fourth-order valence-electron chi connectivity index (χ4n) is 2.88. The standard InChI is InChI=1S/C15H17N3O4S/c1-10-4-3-5-11(6-10)23(21,22)18-7-12(15(19)20)14-13(8-18)16-9-17(14)2/h3-6,9,12H,7-8H2,1-2H3,(H,19,20). The monoisotopic (exact) mass is 335 g/mol. The van der Waals surface area contributed by atoms with Gasteiger partial charge in [-0.15, -0.1) is 0 Å². The summed E-state index contributed by atoms with van der Waals surface area (Å²) in [6.45, 7) is 1.79. The molecule has 7 nitrogen and oxygen atoms in total. The van der Waals surface area contributed by atoms with E-state index in [1.165, 1.54) is 16.7 Å². The molecule has 3 rings (SSSR count). The first-order valence-electron chi connectivity index (χ1n) is 7.10. The summed E-state index contributed by atoms with van der Waals surface area (Å²) in [5.74, 6) is -1.98. The van der Waals surface area contributed by atoms with Gasteiger partial charge in [0.1, 0.15) is 5.92 Å². The zero-order valence-corrected chi connectivity index (χ0v) is 13.6. The third-order valence-corrected chi connectivity index (χ3v) is 5.84. The number of carboxylic acids is 1. The summed E-state index contributed by atoms with van der Waals surface area (Å²) in [4.78, 5) is 15.9. The zero-order chi connectivity index (χ0) is 16.8. The van der Waals surface area contributed by atoms with Gasteiger partial charge >= 0.3 is 5.97 Å². The van der Waals surface area contributed by atoms with Crippen LogP contribution in [0.3, 0.4) is 0 Å². The molecule has 1 aliphatic rings. The number of imidazole rings is 1. The van der Waals surface area contributed by atoms with E-state index in [9.17, 15) is 18.3 Å². The van der Waals surface area contributed by atoms with Gasteiger partial charge in [-0.1, -0.05) is 12.1 Å². The Morgan fingerprint density at radius 3 is 2.78 bits per heavy atom. The maximum atomic E-state index is 12.8. The Balaban J connectivity index is 2.04. The summed E-state index contributed by atoms with van der Waals surface area (Å²) in [6.07, 6.45) is 1.52. The first kappa shape index (κ1) is 15.7. The highest BCUT2D eigenvalue weighted by Gasteiger charge is 2.39. The quantitative estimate of drug-likeness (QED) is 0.907. The Morgan fingerprint density at radius 2 is 2.13 bits per heavy atom. The molecule has 1 aromatic heterocycles. The van der Waals surface area contributed by atoms with Crippen LogP contribution in [-0.4, -0.2) is 39.9 Å². The van der Waals surface area contributed by atoms with Gasteiger partial charge in [0.15, 0.2) is 0 Å². The smallest absolute Gasteiger partial charge is 0.313 e. The van der Waals surface area contributed by atoms with Gasteiger partial charge in [-0.25, -0.2) is 13.4 Å². The van der Waals surface area contributed by atoms with E-state index in [0.29, 0.717) is 11.4 Å². The molecule has 0 saturated carbocycles. The highest BCUT2D eigenvalue weighted by Crippen LogP contribution is 2.31. The van der Waals surface area contributed by atoms with E-state index in [4.69, 9.17) is 0 Å². The third kappa shape index (κ3) is 2.64. The molecule has 0 fully saturated rings. The molecular formula is C15H17N3O4S. The van der Waals surface area contributed by atoms with Crippen molar-refractivity contribution in [2.24, 2.45) is 7.05 Å². The summed E-state index contributed by atoms with van der Waals surface area (Å²) < 4.78 is 28.5. The van der Waals surface area contributed by atoms with Crippen molar-refractivity contribution >= 4 is 16.0 Å². The van der Waals surface area contributed by atoms with Gasteiger partial charge in [-0.3, -0.25) is 4.79 Å². The molecule has 0 amide bonds. The van der Waals surface area contributed by atoms with Crippen molar-refractivity contribution in [2.45, 2.75) is 24.3 Å². The van der Waals surface area contributed by atoms with E-state index < -0.39 is 21.9 Å². The molecule has 1 aliphatic heterocycles. The SMILES string of the molecule is Cc1cccc(S(=O)(=O)N2Cc3ncn(C)c3C(C(=O)O)C2)c1.